The Balaban J connectivity index is 2.10. The van der Waals surface area contributed by atoms with Crippen LogP contribution in [0.15, 0.2) is 26.1 Å². The highest BCUT2D eigenvalue weighted by atomic mass is 32.2. The van der Waals surface area contributed by atoms with Gasteiger partial charge in [-0.1, -0.05) is 6.07 Å². The molecule has 1 aromatic rings. The Morgan fingerprint density at radius 2 is 2.13 bits per heavy atom. The van der Waals surface area contributed by atoms with Crippen molar-refractivity contribution in [3.63, 3.8) is 0 Å². The number of hydrogen-bond acceptors (Lipinski definition) is 3. The van der Waals surface area contributed by atoms with E-state index >= 15 is 0 Å². The first kappa shape index (κ1) is 10.6. The first-order valence-corrected chi connectivity index (χ1v) is 7.08. The molecule has 1 fully saturated rings. The maximum absolute atomic E-state index is 11.6. The van der Waals surface area contributed by atoms with Crippen LogP contribution >= 0.6 is 11.3 Å². The Morgan fingerprint density at radius 3 is 2.73 bits per heavy atom. The van der Waals surface area contributed by atoms with E-state index in [0.29, 0.717) is 4.21 Å². The maximum atomic E-state index is 11.6. The van der Waals surface area contributed by atoms with Gasteiger partial charge in [-0.2, -0.15) is 8.42 Å². The summed E-state index contributed by atoms with van der Waals surface area (Å²) >= 11 is 1.19. The standard InChI is InChI=1S/C9H12N2O2S2/c12-15(13,9-4-3-7-14-9)10-8-11-5-1-2-6-11/h3-4,7-8H,1-2,5-6H2/b10-8+. The van der Waals surface area contributed by atoms with Crippen molar-refractivity contribution in [2.75, 3.05) is 13.1 Å². The minimum absolute atomic E-state index is 0.304. The monoisotopic (exact) mass is 244 g/mol. The summed E-state index contributed by atoms with van der Waals surface area (Å²) < 4.78 is 27.2. The molecular formula is C9H12N2O2S2. The van der Waals surface area contributed by atoms with E-state index in [1.807, 2.05) is 4.90 Å². The van der Waals surface area contributed by atoms with Gasteiger partial charge in [-0.15, -0.1) is 15.7 Å². The maximum Gasteiger partial charge on any atom is 0.293 e. The van der Waals surface area contributed by atoms with Crippen molar-refractivity contribution in [3.05, 3.63) is 17.5 Å². The molecule has 2 heterocycles. The molecule has 2 rings (SSSR count). The van der Waals surface area contributed by atoms with Crippen molar-refractivity contribution >= 4 is 27.7 Å². The number of likely N-dealkylation sites (tertiary alicyclic amines) is 1. The lowest BCUT2D eigenvalue weighted by Gasteiger charge is -2.08. The van der Waals surface area contributed by atoms with Gasteiger partial charge in [-0.3, -0.25) is 0 Å². The summed E-state index contributed by atoms with van der Waals surface area (Å²) in [5, 5.41) is 1.73. The highest BCUT2D eigenvalue weighted by Gasteiger charge is 2.14. The molecule has 1 aliphatic rings. The molecule has 0 aromatic carbocycles. The smallest absolute Gasteiger partial charge is 0.293 e. The fourth-order valence-electron chi connectivity index (χ4n) is 1.45. The van der Waals surface area contributed by atoms with Gasteiger partial charge < -0.3 is 4.90 Å². The minimum atomic E-state index is -3.46. The van der Waals surface area contributed by atoms with Crippen LogP contribution in [0.25, 0.3) is 0 Å². The molecule has 1 aliphatic heterocycles. The van der Waals surface area contributed by atoms with Gasteiger partial charge in [0.1, 0.15) is 10.5 Å². The highest BCUT2D eigenvalue weighted by Crippen LogP contribution is 2.18. The summed E-state index contributed by atoms with van der Waals surface area (Å²) in [5.74, 6) is 0. The average molecular weight is 244 g/mol. The lowest BCUT2D eigenvalue weighted by molar-refractivity contribution is 0.535. The summed E-state index contributed by atoms with van der Waals surface area (Å²) in [4.78, 5) is 1.94. The molecule has 82 valence electrons. The zero-order valence-electron chi connectivity index (χ0n) is 8.17. The lowest BCUT2D eigenvalue weighted by Crippen LogP contribution is -2.17. The molecule has 0 saturated carbocycles. The third kappa shape index (κ3) is 2.57. The van der Waals surface area contributed by atoms with E-state index in [0.717, 1.165) is 25.9 Å². The summed E-state index contributed by atoms with van der Waals surface area (Å²) in [5.41, 5.74) is 0. The van der Waals surface area contributed by atoms with E-state index in [-0.39, 0.29) is 0 Å². The third-order valence-corrected chi connectivity index (χ3v) is 4.84. The fraction of sp³-hybridized carbons (Fsp3) is 0.444. The van der Waals surface area contributed by atoms with E-state index in [2.05, 4.69) is 4.40 Å². The molecular weight excluding hydrogens is 232 g/mol. The van der Waals surface area contributed by atoms with Crippen LogP contribution in [-0.2, 0) is 10.0 Å². The molecule has 0 atom stereocenters. The Hall–Kier alpha value is -0.880. The Bertz CT molecular complexity index is 431. The van der Waals surface area contributed by atoms with Crippen LogP contribution in [0.4, 0.5) is 0 Å². The molecule has 0 aliphatic carbocycles. The van der Waals surface area contributed by atoms with Gasteiger partial charge in [0.25, 0.3) is 10.0 Å². The second kappa shape index (κ2) is 4.32. The van der Waals surface area contributed by atoms with Gasteiger partial charge in [-0.25, -0.2) is 0 Å². The summed E-state index contributed by atoms with van der Waals surface area (Å²) in [7, 11) is -3.46. The van der Waals surface area contributed by atoms with Crippen molar-refractivity contribution in [2.45, 2.75) is 17.1 Å². The molecule has 0 spiro atoms. The first-order chi connectivity index (χ1) is 7.18. The van der Waals surface area contributed by atoms with Crippen LogP contribution in [-0.4, -0.2) is 32.7 Å². The molecule has 0 radical (unpaired) electrons. The first-order valence-electron chi connectivity index (χ1n) is 4.76. The Labute approximate surface area is 93.3 Å². The largest absolute Gasteiger partial charge is 0.362 e. The molecule has 1 saturated heterocycles. The number of rotatable bonds is 3. The van der Waals surface area contributed by atoms with Crippen LogP contribution < -0.4 is 0 Å². The molecule has 1 aromatic heterocycles. The fourth-order valence-corrected chi connectivity index (χ4v) is 3.29. The van der Waals surface area contributed by atoms with Crippen LogP contribution in [0.5, 0.6) is 0 Å². The topological polar surface area (TPSA) is 49.7 Å². The quantitative estimate of drug-likeness (QED) is 0.599. The van der Waals surface area contributed by atoms with Gasteiger partial charge in [0.05, 0.1) is 0 Å². The summed E-state index contributed by atoms with van der Waals surface area (Å²) in [6, 6.07) is 3.28. The molecule has 0 unspecified atom stereocenters. The second-order valence-corrected chi connectivity index (χ2v) is 6.18. The van der Waals surface area contributed by atoms with Crippen LogP contribution in [0.2, 0.25) is 0 Å². The van der Waals surface area contributed by atoms with Crippen LogP contribution in [0.3, 0.4) is 0 Å². The lowest BCUT2D eigenvalue weighted by atomic mass is 10.4. The zero-order chi connectivity index (χ0) is 10.7. The summed E-state index contributed by atoms with van der Waals surface area (Å²) in [6.07, 6.45) is 3.68. The van der Waals surface area contributed by atoms with Crippen molar-refractivity contribution in [2.24, 2.45) is 4.40 Å². The van der Waals surface area contributed by atoms with E-state index in [1.165, 1.54) is 17.7 Å². The van der Waals surface area contributed by atoms with Crippen molar-refractivity contribution in [3.8, 4) is 0 Å². The van der Waals surface area contributed by atoms with E-state index in [9.17, 15) is 8.42 Å². The second-order valence-electron chi connectivity index (χ2n) is 3.37. The normalized spacial score (nSPS) is 17.7. The van der Waals surface area contributed by atoms with Gasteiger partial charge in [-0.05, 0) is 24.3 Å². The number of nitrogens with zero attached hydrogens (tertiary/aromatic N) is 2. The average Bonchev–Trinajstić information content (AvgIpc) is 2.88. The van der Waals surface area contributed by atoms with Gasteiger partial charge >= 0.3 is 0 Å². The molecule has 15 heavy (non-hydrogen) atoms. The molecule has 4 nitrogen and oxygen atoms in total. The number of sulfonamides is 1. The van der Waals surface area contributed by atoms with E-state index in [4.69, 9.17) is 0 Å². The van der Waals surface area contributed by atoms with E-state index < -0.39 is 10.0 Å². The predicted molar refractivity (Wildman–Crippen MR) is 60.8 cm³/mol. The zero-order valence-corrected chi connectivity index (χ0v) is 9.80. The minimum Gasteiger partial charge on any atom is -0.362 e. The van der Waals surface area contributed by atoms with Crippen LogP contribution in [0.1, 0.15) is 12.8 Å². The number of thiophene rings is 1. The van der Waals surface area contributed by atoms with Crippen molar-refractivity contribution in [1.29, 1.82) is 0 Å². The highest BCUT2D eigenvalue weighted by molar-refractivity contribution is 7.92. The van der Waals surface area contributed by atoms with Gasteiger partial charge in [0.2, 0.25) is 0 Å². The van der Waals surface area contributed by atoms with Gasteiger partial charge in [0, 0.05) is 13.1 Å². The predicted octanol–water partition coefficient (Wildman–Crippen LogP) is 1.56. The molecule has 0 N–H and O–H groups in total. The van der Waals surface area contributed by atoms with E-state index in [1.54, 1.807) is 17.5 Å². The molecule has 6 heteroatoms. The van der Waals surface area contributed by atoms with Gasteiger partial charge in [0.15, 0.2) is 0 Å². The van der Waals surface area contributed by atoms with Crippen LogP contribution in [0, 0.1) is 0 Å². The SMILES string of the molecule is O=S(=O)(/N=C/N1CCCC1)c1cccs1. The Morgan fingerprint density at radius 1 is 1.40 bits per heavy atom. The van der Waals surface area contributed by atoms with Crippen molar-refractivity contribution in [1.82, 2.24) is 4.90 Å². The molecule has 0 bridgehead atoms. The Kier molecular flexibility index (Phi) is 3.06. The third-order valence-electron chi connectivity index (χ3n) is 2.24. The number of hydrogen-bond donors (Lipinski definition) is 0. The summed E-state index contributed by atoms with van der Waals surface area (Å²) in [6.45, 7) is 1.81. The van der Waals surface area contributed by atoms with Crippen molar-refractivity contribution < 1.29 is 8.42 Å². The molecule has 0 amide bonds.